The van der Waals surface area contributed by atoms with Crippen LogP contribution in [0.15, 0.2) is 10.6 Å². The van der Waals surface area contributed by atoms with Crippen LogP contribution in [0.3, 0.4) is 0 Å². The van der Waals surface area contributed by atoms with Gasteiger partial charge < -0.3 is 4.42 Å². The Morgan fingerprint density at radius 3 is 3.08 bits per heavy atom. The van der Waals surface area contributed by atoms with Crippen LogP contribution in [0.1, 0.15) is 24.6 Å². The fourth-order valence-electron chi connectivity index (χ4n) is 0.872. The topological polar surface area (TPSA) is 38.1 Å². The van der Waals surface area contributed by atoms with Crippen molar-refractivity contribution in [2.45, 2.75) is 19.9 Å². The lowest BCUT2D eigenvalue weighted by Gasteiger charge is -2.05. The third-order valence-corrected chi connectivity index (χ3v) is 1.52. The second-order valence-electron chi connectivity index (χ2n) is 2.62. The molecule has 1 aromatic rings. The van der Waals surface area contributed by atoms with Crippen molar-refractivity contribution < 1.29 is 4.42 Å². The molecular formula is C9H12N2O. The highest BCUT2D eigenvalue weighted by molar-refractivity contribution is 4.97. The van der Waals surface area contributed by atoms with E-state index in [9.17, 15) is 0 Å². The van der Waals surface area contributed by atoms with E-state index in [0.29, 0.717) is 12.4 Å². The minimum Gasteiger partial charge on any atom is -0.444 e. The third kappa shape index (κ3) is 2.11. The number of oxazole rings is 1. The Hall–Kier alpha value is -1.27. The summed E-state index contributed by atoms with van der Waals surface area (Å²) in [5.74, 6) is 4.00. The molecule has 0 radical (unpaired) electrons. The SMILES string of the molecule is C#CCNC(C)c1ncc(C)o1. The molecule has 0 bridgehead atoms. The summed E-state index contributed by atoms with van der Waals surface area (Å²) in [7, 11) is 0. The van der Waals surface area contributed by atoms with Crippen molar-refractivity contribution in [2.75, 3.05) is 6.54 Å². The first-order chi connectivity index (χ1) is 5.74. The van der Waals surface area contributed by atoms with Crippen LogP contribution in [0.5, 0.6) is 0 Å². The van der Waals surface area contributed by atoms with Crippen molar-refractivity contribution in [3.63, 3.8) is 0 Å². The molecule has 0 saturated carbocycles. The normalized spacial score (nSPS) is 12.4. The molecule has 0 fully saturated rings. The molecule has 1 heterocycles. The molecule has 0 aromatic carbocycles. The molecular weight excluding hydrogens is 152 g/mol. The molecule has 0 aliphatic carbocycles. The summed E-state index contributed by atoms with van der Waals surface area (Å²) in [5.41, 5.74) is 0. The summed E-state index contributed by atoms with van der Waals surface area (Å²) in [4.78, 5) is 4.07. The van der Waals surface area contributed by atoms with Gasteiger partial charge >= 0.3 is 0 Å². The number of aromatic nitrogens is 1. The molecule has 0 saturated heterocycles. The van der Waals surface area contributed by atoms with Gasteiger partial charge in [-0.15, -0.1) is 6.42 Å². The first-order valence-corrected chi connectivity index (χ1v) is 3.83. The summed E-state index contributed by atoms with van der Waals surface area (Å²) in [6.07, 6.45) is 6.79. The van der Waals surface area contributed by atoms with Crippen LogP contribution < -0.4 is 5.32 Å². The Kier molecular flexibility index (Phi) is 2.89. The molecule has 1 atom stereocenters. The largest absolute Gasteiger partial charge is 0.444 e. The second-order valence-corrected chi connectivity index (χ2v) is 2.62. The average Bonchev–Trinajstić information content (AvgIpc) is 2.47. The van der Waals surface area contributed by atoms with Crippen molar-refractivity contribution in [2.24, 2.45) is 0 Å². The van der Waals surface area contributed by atoms with Crippen molar-refractivity contribution in [3.8, 4) is 12.3 Å². The minimum absolute atomic E-state index is 0.0785. The first-order valence-electron chi connectivity index (χ1n) is 3.83. The van der Waals surface area contributed by atoms with Crippen LogP contribution in [-0.4, -0.2) is 11.5 Å². The van der Waals surface area contributed by atoms with E-state index in [2.05, 4.69) is 16.2 Å². The summed E-state index contributed by atoms with van der Waals surface area (Å²) in [6.45, 7) is 4.36. The van der Waals surface area contributed by atoms with Gasteiger partial charge in [-0.3, -0.25) is 5.32 Å². The molecule has 64 valence electrons. The molecule has 1 unspecified atom stereocenters. The third-order valence-electron chi connectivity index (χ3n) is 1.52. The molecule has 0 aliphatic rings. The van der Waals surface area contributed by atoms with Gasteiger partial charge in [-0.25, -0.2) is 4.98 Å². The van der Waals surface area contributed by atoms with Crippen molar-refractivity contribution >= 4 is 0 Å². The van der Waals surface area contributed by atoms with E-state index in [1.54, 1.807) is 6.20 Å². The highest BCUT2D eigenvalue weighted by atomic mass is 16.4. The lowest BCUT2D eigenvalue weighted by atomic mass is 10.3. The van der Waals surface area contributed by atoms with E-state index in [-0.39, 0.29) is 6.04 Å². The summed E-state index contributed by atoms with van der Waals surface area (Å²) in [5, 5.41) is 3.07. The molecule has 1 aromatic heterocycles. The number of terminal acetylenes is 1. The molecule has 1 N–H and O–H groups in total. The lowest BCUT2D eigenvalue weighted by Crippen LogP contribution is -2.18. The highest BCUT2D eigenvalue weighted by Crippen LogP contribution is 2.10. The number of rotatable bonds is 3. The van der Waals surface area contributed by atoms with Gasteiger partial charge in [0.25, 0.3) is 0 Å². The molecule has 3 heteroatoms. The Morgan fingerprint density at radius 1 is 1.83 bits per heavy atom. The van der Waals surface area contributed by atoms with Crippen LogP contribution in [0, 0.1) is 19.3 Å². The van der Waals surface area contributed by atoms with Gasteiger partial charge in [0, 0.05) is 0 Å². The predicted octanol–water partition coefficient (Wildman–Crippen LogP) is 1.27. The van der Waals surface area contributed by atoms with E-state index < -0.39 is 0 Å². The van der Waals surface area contributed by atoms with Gasteiger partial charge in [0.2, 0.25) is 5.89 Å². The summed E-state index contributed by atoms with van der Waals surface area (Å²) in [6, 6.07) is 0.0785. The van der Waals surface area contributed by atoms with Crippen LogP contribution in [-0.2, 0) is 0 Å². The van der Waals surface area contributed by atoms with Crippen molar-refractivity contribution in [1.29, 1.82) is 0 Å². The molecule has 0 amide bonds. The Labute approximate surface area is 72.2 Å². The van der Waals surface area contributed by atoms with Crippen LogP contribution in [0.25, 0.3) is 0 Å². The quantitative estimate of drug-likeness (QED) is 0.683. The van der Waals surface area contributed by atoms with Crippen LogP contribution >= 0.6 is 0 Å². The Balaban J connectivity index is 2.54. The number of hydrogen-bond donors (Lipinski definition) is 1. The number of aryl methyl sites for hydroxylation is 1. The molecule has 3 nitrogen and oxygen atoms in total. The maximum Gasteiger partial charge on any atom is 0.211 e. The number of nitrogens with one attached hydrogen (secondary N) is 1. The van der Waals surface area contributed by atoms with E-state index in [4.69, 9.17) is 10.8 Å². The van der Waals surface area contributed by atoms with Gasteiger partial charge in [-0.05, 0) is 13.8 Å². The first kappa shape index (κ1) is 8.82. The molecule has 12 heavy (non-hydrogen) atoms. The lowest BCUT2D eigenvalue weighted by molar-refractivity contribution is 0.412. The number of hydrogen-bond acceptors (Lipinski definition) is 3. The predicted molar refractivity (Wildman–Crippen MR) is 46.5 cm³/mol. The zero-order valence-electron chi connectivity index (χ0n) is 7.29. The smallest absolute Gasteiger partial charge is 0.211 e. The van der Waals surface area contributed by atoms with Crippen molar-refractivity contribution in [1.82, 2.24) is 10.3 Å². The van der Waals surface area contributed by atoms with Gasteiger partial charge in [0.05, 0.1) is 18.8 Å². The Morgan fingerprint density at radius 2 is 2.58 bits per heavy atom. The van der Waals surface area contributed by atoms with Gasteiger partial charge in [0.1, 0.15) is 5.76 Å². The standard InChI is InChI=1S/C9H12N2O/c1-4-5-10-8(3)9-11-6-7(2)12-9/h1,6,8,10H,5H2,2-3H3. The molecule has 0 aliphatic heterocycles. The van der Waals surface area contributed by atoms with Gasteiger partial charge in [-0.2, -0.15) is 0 Å². The second kappa shape index (κ2) is 3.93. The Bertz CT molecular complexity index is 285. The maximum absolute atomic E-state index is 5.30. The molecule has 1 rings (SSSR count). The van der Waals surface area contributed by atoms with Gasteiger partial charge in [0.15, 0.2) is 0 Å². The monoisotopic (exact) mass is 164 g/mol. The van der Waals surface area contributed by atoms with Crippen molar-refractivity contribution in [3.05, 3.63) is 17.8 Å². The average molecular weight is 164 g/mol. The fourth-order valence-corrected chi connectivity index (χ4v) is 0.872. The van der Waals surface area contributed by atoms with E-state index >= 15 is 0 Å². The van der Waals surface area contributed by atoms with E-state index in [1.807, 2.05) is 13.8 Å². The highest BCUT2D eigenvalue weighted by Gasteiger charge is 2.08. The summed E-state index contributed by atoms with van der Waals surface area (Å²) < 4.78 is 5.30. The zero-order chi connectivity index (χ0) is 8.97. The zero-order valence-corrected chi connectivity index (χ0v) is 7.29. The van der Waals surface area contributed by atoms with Gasteiger partial charge in [-0.1, -0.05) is 5.92 Å². The molecule has 0 spiro atoms. The van der Waals surface area contributed by atoms with Crippen LogP contribution in [0.4, 0.5) is 0 Å². The fraction of sp³-hybridized carbons (Fsp3) is 0.444. The van der Waals surface area contributed by atoms with E-state index in [0.717, 1.165) is 5.76 Å². The van der Waals surface area contributed by atoms with Crippen LogP contribution in [0.2, 0.25) is 0 Å². The van der Waals surface area contributed by atoms with E-state index in [1.165, 1.54) is 0 Å². The minimum atomic E-state index is 0.0785. The summed E-state index contributed by atoms with van der Waals surface area (Å²) >= 11 is 0. The maximum atomic E-state index is 5.30. The number of nitrogens with zero attached hydrogens (tertiary/aromatic N) is 1.